The average Bonchev–Trinajstić information content (AvgIpc) is 2.38. The van der Waals surface area contributed by atoms with Crippen LogP contribution in [0.1, 0.15) is 5.56 Å². The fourth-order valence-electron chi connectivity index (χ4n) is 1.49. The molecule has 17 heavy (non-hydrogen) atoms. The maximum Gasteiger partial charge on any atom is 0.236 e. The van der Waals surface area contributed by atoms with Gasteiger partial charge in [-0.25, -0.2) is 0 Å². The summed E-state index contributed by atoms with van der Waals surface area (Å²) in [4.78, 5) is 13.2. The van der Waals surface area contributed by atoms with Gasteiger partial charge in [-0.1, -0.05) is 18.2 Å². The first-order chi connectivity index (χ1) is 8.21. The first-order valence-corrected chi connectivity index (χ1v) is 5.43. The Morgan fingerprint density at radius 2 is 2.12 bits per heavy atom. The lowest BCUT2D eigenvalue weighted by molar-refractivity contribution is -0.129. The van der Waals surface area contributed by atoms with Gasteiger partial charge in [0.2, 0.25) is 5.91 Å². The van der Waals surface area contributed by atoms with Crippen LogP contribution in [0.5, 0.6) is 5.75 Å². The van der Waals surface area contributed by atoms with E-state index in [0.29, 0.717) is 13.1 Å². The first-order valence-electron chi connectivity index (χ1n) is 5.43. The van der Waals surface area contributed by atoms with E-state index in [1.165, 1.54) is 0 Å². The molecule has 1 aromatic carbocycles. The highest BCUT2D eigenvalue weighted by Crippen LogP contribution is 2.13. The minimum Gasteiger partial charge on any atom is -0.497 e. The molecule has 0 fully saturated rings. The second-order valence-electron chi connectivity index (χ2n) is 3.62. The summed E-state index contributed by atoms with van der Waals surface area (Å²) in [6.07, 6.45) is 1.69. The maximum absolute atomic E-state index is 11.6. The van der Waals surface area contributed by atoms with Crippen LogP contribution in [0.4, 0.5) is 0 Å². The van der Waals surface area contributed by atoms with Crippen molar-refractivity contribution in [2.45, 2.75) is 6.54 Å². The molecule has 1 rings (SSSR count). The van der Waals surface area contributed by atoms with Crippen molar-refractivity contribution in [1.82, 2.24) is 4.90 Å². The van der Waals surface area contributed by atoms with Gasteiger partial charge in [0, 0.05) is 13.1 Å². The van der Waals surface area contributed by atoms with Gasteiger partial charge < -0.3 is 15.4 Å². The fourth-order valence-corrected chi connectivity index (χ4v) is 1.49. The molecule has 0 atom stereocenters. The third-order valence-corrected chi connectivity index (χ3v) is 2.41. The number of methoxy groups -OCH3 is 1. The summed E-state index contributed by atoms with van der Waals surface area (Å²) < 4.78 is 5.07. The van der Waals surface area contributed by atoms with Gasteiger partial charge in [-0.05, 0) is 17.7 Å². The van der Waals surface area contributed by atoms with Crippen molar-refractivity contribution in [3.05, 3.63) is 42.5 Å². The zero-order chi connectivity index (χ0) is 12.7. The van der Waals surface area contributed by atoms with Crippen molar-refractivity contribution in [2.24, 2.45) is 5.73 Å². The number of nitrogens with zero attached hydrogens (tertiary/aromatic N) is 1. The molecule has 0 unspecified atom stereocenters. The highest BCUT2D eigenvalue weighted by Gasteiger charge is 2.10. The number of amides is 1. The quantitative estimate of drug-likeness (QED) is 0.752. The Bertz CT molecular complexity index is 374. The van der Waals surface area contributed by atoms with Crippen molar-refractivity contribution >= 4 is 5.91 Å². The highest BCUT2D eigenvalue weighted by atomic mass is 16.5. The van der Waals surface area contributed by atoms with Crippen LogP contribution in [0.3, 0.4) is 0 Å². The summed E-state index contributed by atoms with van der Waals surface area (Å²) in [5, 5.41) is 0. The van der Waals surface area contributed by atoms with Crippen LogP contribution in [-0.4, -0.2) is 31.0 Å². The maximum atomic E-state index is 11.6. The van der Waals surface area contributed by atoms with Gasteiger partial charge in [0.05, 0.1) is 13.7 Å². The Labute approximate surface area is 102 Å². The molecule has 0 radical (unpaired) electrons. The molecule has 92 valence electrons. The molecule has 0 aromatic heterocycles. The fraction of sp³-hybridized carbons (Fsp3) is 0.308. The monoisotopic (exact) mass is 234 g/mol. The molecular weight excluding hydrogens is 216 g/mol. The van der Waals surface area contributed by atoms with Crippen molar-refractivity contribution in [3.8, 4) is 5.75 Å². The molecule has 0 bridgehead atoms. The molecule has 0 saturated carbocycles. The molecule has 1 aromatic rings. The Hall–Kier alpha value is -1.81. The number of carbonyl (C=O) groups is 1. The van der Waals surface area contributed by atoms with E-state index < -0.39 is 0 Å². The zero-order valence-electron chi connectivity index (χ0n) is 10.1. The largest absolute Gasteiger partial charge is 0.497 e. The summed E-state index contributed by atoms with van der Waals surface area (Å²) in [7, 11) is 1.62. The van der Waals surface area contributed by atoms with Gasteiger partial charge in [0.15, 0.2) is 0 Å². The average molecular weight is 234 g/mol. The minimum atomic E-state index is -0.0827. The lowest BCUT2D eigenvalue weighted by atomic mass is 10.2. The van der Waals surface area contributed by atoms with Gasteiger partial charge in [0.25, 0.3) is 0 Å². The third-order valence-electron chi connectivity index (χ3n) is 2.41. The molecule has 0 aliphatic rings. The summed E-state index contributed by atoms with van der Waals surface area (Å²) >= 11 is 0. The van der Waals surface area contributed by atoms with E-state index >= 15 is 0 Å². The number of ether oxygens (including phenoxy) is 1. The molecule has 1 amide bonds. The van der Waals surface area contributed by atoms with Gasteiger partial charge in [-0.3, -0.25) is 4.79 Å². The molecule has 2 N–H and O–H groups in total. The van der Waals surface area contributed by atoms with Crippen LogP contribution in [-0.2, 0) is 11.3 Å². The predicted molar refractivity (Wildman–Crippen MR) is 67.7 cm³/mol. The first kappa shape index (κ1) is 13.3. The van der Waals surface area contributed by atoms with Crippen molar-refractivity contribution in [2.75, 3.05) is 20.2 Å². The van der Waals surface area contributed by atoms with Crippen molar-refractivity contribution in [3.63, 3.8) is 0 Å². The number of nitrogens with two attached hydrogens (primary N) is 1. The summed E-state index contributed by atoms with van der Waals surface area (Å²) in [6.45, 7) is 4.69. The molecular formula is C13H18N2O2. The van der Waals surface area contributed by atoms with Crippen LogP contribution < -0.4 is 10.5 Å². The molecule has 0 saturated heterocycles. The van der Waals surface area contributed by atoms with E-state index in [0.717, 1.165) is 11.3 Å². The van der Waals surface area contributed by atoms with E-state index in [4.69, 9.17) is 10.5 Å². The van der Waals surface area contributed by atoms with Crippen LogP contribution in [0.15, 0.2) is 36.9 Å². The van der Waals surface area contributed by atoms with Gasteiger partial charge >= 0.3 is 0 Å². The van der Waals surface area contributed by atoms with Gasteiger partial charge in [-0.2, -0.15) is 0 Å². The van der Waals surface area contributed by atoms with E-state index in [9.17, 15) is 4.79 Å². The highest BCUT2D eigenvalue weighted by molar-refractivity contribution is 5.78. The number of benzene rings is 1. The number of hydrogen-bond acceptors (Lipinski definition) is 3. The van der Waals surface area contributed by atoms with Crippen LogP contribution in [0.25, 0.3) is 0 Å². The topological polar surface area (TPSA) is 55.6 Å². The lowest BCUT2D eigenvalue weighted by Crippen LogP contribution is -2.35. The third kappa shape index (κ3) is 3.92. The van der Waals surface area contributed by atoms with Crippen molar-refractivity contribution in [1.29, 1.82) is 0 Å². The standard InChI is InChI=1S/C13H18N2O2/c1-3-8-15(13(16)9-14)10-11-4-6-12(17-2)7-5-11/h3-7H,1,8-10,14H2,2H3. The SMILES string of the molecule is C=CCN(Cc1ccc(OC)cc1)C(=O)CN. The Balaban J connectivity index is 2.71. The molecule has 0 aliphatic carbocycles. The van der Waals surface area contributed by atoms with Crippen LogP contribution >= 0.6 is 0 Å². The smallest absolute Gasteiger partial charge is 0.236 e. The normalized spacial score (nSPS) is 9.76. The molecule has 0 spiro atoms. The summed E-state index contributed by atoms with van der Waals surface area (Å²) in [5.74, 6) is 0.717. The Kier molecular flexibility index (Phi) is 5.23. The molecule has 0 aliphatic heterocycles. The Morgan fingerprint density at radius 3 is 2.59 bits per heavy atom. The van der Waals surface area contributed by atoms with E-state index in [2.05, 4.69) is 6.58 Å². The number of carbonyl (C=O) groups excluding carboxylic acids is 1. The second kappa shape index (κ2) is 6.70. The molecule has 0 heterocycles. The van der Waals surface area contributed by atoms with Gasteiger partial charge in [0.1, 0.15) is 5.75 Å². The zero-order valence-corrected chi connectivity index (χ0v) is 10.1. The summed E-state index contributed by atoms with van der Waals surface area (Å²) in [6, 6.07) is 7.60. The number of hydrogen-bond donors (Lipinski definition) is 1. The van der Waals surface area contributed by atoms with E-state index in [1.807, 2.05) is 24.3 Å². The lowest BCUT2D eigenvalue weighted by Gasteiger charge is -2.20. The van der Waals surface area contributed by atoms with E-state index in [-0.39, 0.29) is 12.5 Å². The van der Waals surface area contributed by atoms with E-state index in [1.54, 1.807) is 18.1 Å². The second-order valence-corrected chi connectivity index (χ2v) is 3.62. The predicted octanol–water partition coefficient (Wildman–Crippen LogP) is 1.17. The van der Waals surface area contributed by atoms with Crippen molar-refractivity contribution < 1.29 is 9.53 Å². The molecule has 4 nitrogen and oxygen atoms in total. The van der Waals surface area contributed by atoms with Gasteiger partial charge in [-0.15, -0.1) is 6.58 Å². The summed E-state index contributed by atoms with van der Waals surface area (Å²) in [5.41, 5.74) is 6.39. The van der Waals surface area contributed by atoms with Crippen LogP contribution in [0, 0.1) is 0 Å². The van der Waals surface area contributed by atoms with Crippen LogP contribution in [0.2, 0.25) is 0 Å². The Morgan fingerprint density at radius 1 is 1.47 bits per heavy atom. The minimum absolute atomic E-state index is 0.0179. The number of rotatable bonds is 6. The molecule has 4 heteroatoms.